The molecule has 0 aliphatic carbocycles. The number of benzene rings is 1. The molecule has 18 heavy (non-hydrogen) atoms. The van der Waals surface area contributed by atoms with E-state index >= 15 is 0 Å². The fourth-order valence-corrected chi connectivity index (χ4v) is 1.95. The maximum absolute atomic E-state index is 12.1. The van der Waals surface area contributed by atoms with Crippen LogP contribution < -0.4 is 10.1 Å². The normalized spacial score (nSPS) is 12.6. The van der Waals surface area contributed by atoms with Crippen molar-refractivity contribution in [3.05, 3.63) is 28.8 Å². The van der Waals surface area contributed by atoms with Crippen molar-refractivity contribution in [3.8, 4) is 5.75 Å². The number of likely N-dealkylation sites (N-methyl/N-ethyl adjacent to an activating group) is 1. The van der Waals surface area contributed by atoms with Crippen LogP contribution in [0.3, 0.4) is 0 Å². The van der Waals surface area contributed by atoms with Crippen LogP contribution in [0.25, 0.3) is 0 Å². The molecule has 0 bridgehead atoms. The molecule has 100 valence electrons. The maximum atomic E-state index is 12.1. The van der Waals surface area contributed by atoms with E-state index in [4.69, 9.17) is 16.3 Å². The summed E-state index contributed by atoms with van der Waals surface area (Å²) in [7, 11) is 1.78. The third kappa shape index (κ3) is 3.72. The average molecular weight is 270 g/mol. The number of hydrogen-bond donors (Lipinski definition) is 1. The first-order chi connectivity index (χ1) is 8.49. The van der Waals surface area contributed by atoms with Crippen molar-refractivity contribution < 1.29 is 9.53 Å². The Morgan fingerprint density at radius 3 is 2.56 bits per heavy atom. The molecule has 0 radical (unpaired) electrons. The molecule has 0 aromatic heterocycles. The van der Waals surface area contributed by atoms with Crippen molar-refractivity contribution in [2.75, 3.05) is 7.05 Å². The lowest BCUT2D eigenvalue weighted by molar-refractivity contribution is 0.0945. The monoisotopic (exact) mass is 269 g/mol. The van der Waals surface area contributed by atoms with E-state index in [1.54, 1.807) is 25.2 Å². The summed E-state index contributed by atoms with van der Waals surface area (Å²) in [5.74, 6) is 0.665. The average Bonchev–Trinajstić information content (AvgIpc) is 2.32. The van der Waals surface area contributed by atoms with Crippen LogP contribution in [-0.2, 0) is 0 Å². The minimum atomic E-state index is -0.169. The van der Waals surface area contributed by atoms with Crippen LogP contribution in [0.2, 0.25) is 5.02 Å². The predicted octanol–water partition coefficient (Wildman–Crippen LogP) is 3.31. The highest BCUT2D eigenvalue weighted by molar-refractivity contribution is 6.32. The van der Waals surface area contributed by atoms with Gasteiger partial charge in [-0.3, -0.25) is 4.79 Å². The van der Waals surface area contributed by atoms with E-state index in [0.717, 1.165) is 6.42 Å². The van der Waals surface area contributed by atoms with Crippen LogP contribution in [0.15, 0.2) is 18.2 Å². The molecule has 0 saturated carbocycles. The van der Waals surface area contributed by atoms with E-state index in [2.05, 4.69) is 5.32 Å². The molecule has 1 rings (SSSR count). The number of hydrogen-bond acceptors (Lipinski definition) is 3. The van der Waals surface area contributed by atoms with Gasteiger partial charge in [-0.1, -0.05) is 18.5 Å². The first-order valence-corrected chi connectivity index (χ1v) is 6.55. The van der Waals surface area contributed by atoms with E-state index in [9.17, 15) is 4.79 Å². The van der Waals surface area contributed by atoms with Crippen LogP contribution in [0.4, 0.5) is 0 Å². The van der Waals surface area contributed by atoms with Crippen molar-refractivity contribution in [2.45, 2.75) is 39.3 Å². The fourth-order valence-electron chi connectivity index (χ4n) is 1.73. The van der Waals surface area contributed by atoms with Gasteiger partial charge in [0.2, 0.25) is 0 Å². The topological polar surface area (TPSA) is 38.3 Å². The molecule has 0 aliphatic rings. The molecule has 4 heteroatoms. The van der Waals surface area contributed by atoms with Gasteiger partial charge in [0.05, 0.1) is 17.2 Å². The Balaban J connectivity index is 2.93. The Morgan fingerprint density at radius 1 is 1.44 bits per heavy atom. The summed E-state index contributed by atoms with van der Waals surface area (Å²) in [6.45, 7) is 5.84. The first-order valence-electron chi connectivity index (χ1n) is 6.17. The third-order valence-electron chi connectivity index (χ3n) is 2.65. The van der Waals surface area contributed by atoms with Gasteiger partial charge in [0.25, 0.3) is 0 Å². The summed E-state index contributed by atoms with van der Waals surface area (Å²) in [5.41, 5.74) is 0.609. The van der Waals surface area contributed by atoms with Gasteiger partial charge in [-0.05, 0) is 45.5 Å². The lowest BCUT2D eigenvalue weighted by Gasteiger charge is -2.15. The molecule has 1 aromatic carbocycles. The lowest BCUT2D eigenvalue weighted by atomic mass is 10.0. The first kappa shape index (κ1) is 15.0. The summed E-state index contributed by atoms with van der Waals surface area (Å²) < 4.78 is 5.53. The Labute approximate surface area is 113 Å². The summed E-state index contributed by atoms with van der Waals surface area (Å²) in [6, 6.07) is 5.00. The highest BCUT2D eigenvalue weighted by atomic mass is 35.5. The number of ketones is 1. The Hall–Kier alpha value is -1.06. The maximum Gasteiger partial charge on any atom is 0.179 e. The minimum absolute atomic E-state index is 0.0537. The third-order valence-corrected chi connectivity index (χ3v) is 2.95. The number of halogens is 1. The van der Waals surface area contributed by atoms with Gasteiger partial charge in [-0.15, -0.1) is 0 Å². The van der Waals surface area contributed by atoms with Crippen LogP contribution in [0, 0.1) is 0 Å². The SMILES string of the molecule is CCC(NC)C(=O)c1ccc(OC(C)C)c(Cl)c1. The Bertz CT molecular complexity index is 414. The quantitative estimate of drug-likeness (QED) is 0.805. The fraction of sp³-hybridized carbons (Fsp3) is 0.500. The number of Topliss-reactive ketones (excluding diaryl/α,β-unsaturated/α-hetero) is 1. The number of nitrogens with one attached hydrogen (secondary N) is 1. The van der Waals surface area contributed by atoms with Gasteiger partial charge >= 0.3 is 0 Å². The van der Waals surface area contributed by atoms with Crippen molar-refractivity contribution in [3.63, 3.8) is 0 Å². The Kier molecular flexibility index (Phi) is 5.63. The molecule has 0 spiro atoms. The van der Waals surface area contributed by atoms with Gasteiger partial charge in [0.15, 0.2) is 5.78 Å². The molecular weight excluding hydrogens is 250 g/mol. The zero-order chi connectivity index (χ0) is 13.7. The predicted molar refractivity (Wildman–Crippen MR) is 74.7 cm³/mol. The van der Waals surface area contributed by atoms with Gasteiger partial charge < -0.3 is 10.1 Å². The smallest absolute Gasteiger partial charge is 0.179 e. The summed E-state index contributed by atoms with van der Waals surface area (Å²) in [4.78, 5) is 12.1. The molecule has 0 saturated heterocycles. The van der Waals surface area contributed by atoms with Crippen LogP contribution >= 0.6 is 11.6 Å². The molecule has 1 N–H and O–H groups in total. The van der Waals surface area contributed by atoms with Gasteiger partial charge in [-0.25, -0.2) is 0 Å². The highest BCUT2D eigenvalue weighted by Gasteiger charge is 2.17. The van der Waals surface area contributed by atoms with Crippen molar-refractivity contribution in [1.82, 2.24) is 5.32 Å². The van der Waals surface area contributed by atoms with Gasteiger partial charge in [0, 0.05) is 5.56 Å². The summed E-state index contributed by atoms with van der Waals surface area (Å²) in [5, 5.41) is 3.47. The molecule has 0 amide bonds. The van der Waals surface area contributed by atoms with E-state index < -0.39 is 0 Å². The lowest BCUT2D eigenvalue weighted by Crippen LogP contribution is -2.33. The highest BCUT2D eigenvalue weighted by Crippen LogP contribution is 2.27. The number of ether oxygens (including phenoxy) is 1. The zero-order valence-corrected chi connectivity index (χ0v) is 12.0. The number of rotatable bonds is 6. The summed E-state index contributed by atoms with van der Waals surface area (Å²) in [6.07, 6.45) is 0.807. The van der Waals surface area contributed by atoms with Crippen LogP contribution in [0.5, 0.6) is 5.75 Å². The van der Waals surface area contributed by atoms with Crippen LogP contribution in [0.1, 0.15) is 37.6 Å². The van der Waals surface area contributed by atoms with E-state index in [-0.39, 0.29) is 17.9 Å². The molecule has 0 fully saturated rings. The minimum Gasteiger partial charge on any atom is -0.489 e. The second-order valence-corrected chi connectivity index (χ2v) is 4.83. The van der Waals surface area contributed by atoms with Gasteiger partial charge in [0.1, 0.15) is 5.75 Å². The molecule has 1 unspecified atom stereocenters. The van der Waals surface area contributed by atoms with Crippen molar-refractivity contribution in [2.24, 2.45) is 0 Å². The van der Waals surface area contributed by atoms with Crippen molar-refractivity contribution in [1.29, 1.82) is 0 Å². The van der Waals surface area contributed by atoms with E-state index in [1.807, 2.05) is 20.8 Å². The molecule has 1 atom stereocenters. The molecule has 0 heterocycles. The van der Waals surface area contributed by atoms with E-state index in [0.29, 0.717) is 16.3 Å². The van der Waals surface area contributed by atoms with Gasteiger partial charge in [-0.2, -0.15) is 0 Å². The largest absolute Gasteiger partial charge is 0.489 e. The second-order valence-electron chi connectivity index (χ2n) is 4.43. The second kappa shape index (κ2) is 6.76. The van der Waals surface area contributed by atoms with Crippen LogP contribution in [-0.4, -0.2) is 25.0 Å². The number of carbonyl (C=O) groups excluding carboxylic acids is 1. The van der Waals surface area contributed by atoms with E-state index in [1.165, 1.54) is 0 Å². The summed E-state index contributed by atoms with van der Waals surface area (Å²) >= 11 is 6.11. The Morgan fingerprint density at radius 2 is 2.11 bits per heavy atom. The molecule has 3 nitrogen and oxygen atoms in total. The van der Waals surface area contributed by atoms with Crippen molar-refractivity contribution >= 4 is 17.4 Å². The molecule has 0 aliphatic heterocycles. The molecular formula is C14H20ClNO2. The number of carbonyl (C=O) groups is 1. The molecule has 1 aromatic rings. The standard InChI is InChI=1S/C14H20ClNO2/c1-5-12(16-4)14(17)10-6-7-13(11(15)8-10)18-9(2)3/h6-9,12,16H,5H2,1-4H3. The zero-order valence-electron chi connectivity index (χ0n) is 11.3.